The molecule has 1 amide bonds. The van der Waals surface area contributed by atoms with Gasteiger partial charge in [-0.05, 0) is 44.0 Å². The van der Waals surface area contributed by atoms with Gasteiger partial charge in [0, 0.05) is 31.8 Å². The molecule has 1 fully saturated rings. The fraction of sp³-hybridized carbons (Fsp3) is 0.429. The van der Waals surface area contributed by atoms with Gasteiger partial charge in [0.25, 0.3) is 5.91 Å². The second kappa shape index (κ2) is 7.88. The number of aliphatic hydroxyl groups excluding tert-OH is 1. The number of rotatable bonds is 6. The topological polar surface area (TPSA) is 98.8 Å². The number of aliphatic hydroxyl groups is 1. The second-order valence-corrected chi connectivity index (χ2v) is 7.43. The summed E-state index contributed by atoms with van der Waals surface area (Å²) in [6.45, 7) is 3.03. The molecule has 0 bridgehead atoms. The minimum atomic E-state index is -0.668. The van der Waals surface area contributed by atoms with E-state index in [2.05, 4.69) is 10.4 Å². The third-order valence-electron chi connectivity index (χ3n) is 5.50. The predicted octanol–water partition coefficient (Wildman–Crippen LogP) is 2.33. The first-order valence-corrected chi connectivity index (χ1v) is 9.65. The summed E-state index contributed by atoms with van der Waals surface area (Å²) in [5.41, 5.74) is 1.35. The molecule has 0 unspecified atom stereocenters. The number of carbonyl (C=O) groups is 1. The average Bonchev–Trinajstić information content (AvgIpc) is 3.28. The molecule has 154 valence electrons. The van der Waals surface area contributed by atoms with E-state index in [9.17, 15) is 9.90 Å². The molecule has 0 spiro atoms. The Kier molecular flexibility index (Phi) is 5.29. The molecular formula is C21H25N3O5. The van der Waals surface area contributed by atoms with Crippen LogP contribution >= 0.6 is 0 Å². The van der Waals surface area contributed by atoms with E-state index < -0.39 is 5.54 Å². The number of fused-ring (bicyclic) bond motifs is 1. The van der Waals surface area contributed by atoms with Crippen LogP contribution in [0, 0.1) is 6.92 Å². The summed E-state index contributed by atoms with van der Waals surface area (Å²) in [6, 6.07) is 7.32. The zero-order valence-corrected chi connectivity index (χ0v) is 16.6. The normalized spacial score (nSPS) is 16.1. The van der Waals surface area contributed by atoms with Crippen LogP contribution in [0.25, 0.3) is 11.0 Å². The maximum Gasteiger partial charge on any atom is 0.255 e. The van der Waals surface area contributed by atoms with E-state index in [1.807, 2.05) is 25.2 Å². The van der Waals surface area contributed by atoms with Crippen LogP contribution in [0.1, 0.15) is 34.7 Å². The van der Waals surface area contributed by atoms with Crippen molar-refractivity contribution >= 4 is 16.9 Å². The highest BCUT2D eigenvalue weighted by molar-refractivity contribution is 6.07. The Bertz CT molecular complexity index is 1020. The standard InChI is InChI=1S/C21H25N3O5/c1-14-19(20(26)23-21(13-25)6-9-27-10-7-21)17-11-16(3-4-18(17)29-14)28-12-15-5-8-22-24(15)2/h3-5,8,11,25H,6-7,9-10,12-13H2,1-2H3,(H,23,26). The van der Waals surface area contributed by atoms with Gasteiger partial charge in [-0.3, -0.25) is 9.48 Å². The maximum atomic E-state index is 13.1. The lowest BCUT2D eigenvalue weighted by Gasteiger charge is -2.36. The van der Waals surface area contributed by atoms with Crippen LogP contribution in [0.2, 0.25) is 0 Å². The SMILES string of the molecule is Cc1oc2ccc(OCc3ccnn3C)cc2c1C(=O)NC1(CO)CCOCC1. The number of amides is 1. The van der Waals surface area contributed by atoms with Crippen molar-refractivity contribution in [3.05, 3.63) is 47.5 Å². The van der Waals surface area contributed by atoms with E-state index in [1.54, 1.807) is 23.9 Å². The molecular weight excluding hydrogens is 374 g/mol. The second-order valence-electron chi connectivity index (χ2n) is 7.43. The molecule has 29 heavy (non-hydrogen) atoms. The minimum absolute atomic E-state index is 0.129. The summed E-state index contributed by atoms with van der Waals surface area (Å²) >= 11 is 0. The lowest BCUT2D eigenvalue weighted by atomic mass is 9.90. The number of hydrogen-bond acceptors (Lipinski definition) is 6. The molecule has 0 aliphatic carbocycles. The summed E-state index contributed by atoms with van der Waals surface area (Å²) in [5, 5.41) is 17.7. The number of ether oxygens (including phenoxy) is 2. The average molecular weight is 399 g/mol. The van der Waals surface area contributed by atoms with Crippen molar-refractivity contribution in [2.75, 3.05) is 19.8 Å². The summed E-state index contributed by atoms with van der Waals surface area (Å²) in [5.74, 6) is 0.902. The molecule has 0 atom stereocenters. The van der Waals surface area contributed by atoms with Crippen LogP contribution in [0.4, 0.5) is 0 Å². The maximum absolute atomic E-state index is 13.1. The Morgan fingerprint density at radius 3 is 2.83 bits per heavy atom. The molecule has 8 nitrogen and oxygen atoms in total. The van der Waals surface area contributed by atoms with Gasteiger partial charge >= 0.3 is 0 Å². The van der Waals surface area contributed by atoms with E-state index in [0.29, 0.717) is 60.7 Å². The van der Waals surface area contributed by atoms with Gasteiger partial charge < -0.3 is 24.3 Å². The Morgan fingerprint density at radius 1 is 1.34 bits per heavy atom. The number of hydrogen-bond donors (Lipinski definition) is 2. The molecule has 3 aromatic rings. The highest BCUT2D eigenvalue weighted by Crippen LogP contribution is 2.30. The summed E-state index contributed by atoms with van der Waals surface area (Å²) < 4.78 is 18.8. The largest absolute Gasteiger partial charge is 0.487 e. The van der Waals surface area contributed by atoms with Crippen LogP contribution in [0.3, 0.4) is 0 Å². The van der Waals surface area contributed by atoms with Crippen LogP contribution in [-0.4, -0.2) is 46.2 Å². The van der Waals surface area contributed by atoms with E-state index in [-0.39, 0.29) is 12.5 Å². The monoisotopic (exact) mass is 399 g/mol. The van der Waals surface area contributed by atoms with Crippen molar-refractivity contribution in [1.82, 2.24) is 15.1 Å². The number of nitrogens with one attached hydrogen (secondary N) is 1. The smallest absolute Gasteiger partial charge is 0.255 e. The fourth-order valence-corrected chi connectivity index (χ4v) is 3.66. The van der Waals surface area contributed by atoms with Gasteiger partial charge in [-0.1, -0.05) is 0 Å². The number of benzene rings is 1. The van der Waals surface area contributed by atoms with Crippen molar-refractivity contribution in [2.45, 2.75) is 31.9 Å². The van der Waals surface area contributed by atoms with Gasteiger partial charge in [-0.2, -0.15) is 5.10 Å². The van der Waals surface area contributed by atoms with Gasteiger partial charge in [-0.15, -0.1) is 0 Å². The molecule has 0 saturated carbocycles. The van der Waals surface area contributed by atoms with Crippen molar-refractivity contribution in [1.29, 1.82) is 0 Å². The minimum Gasteiger partial charge on any atom is -0.487 e. The van der Waals surface area contributed by atoms with E-state index >= 15 is 0 Å². The van der Waals surface area contributed by atoms with Gasteiger partial charge in [-0.25, -0.2) is 0 Å². The van der Waals surface area contributed by atoms with Gasteiger partial charge in [0.05, 0.1) is 23.4 Å². The van der Waals surface area contributed by atoms with Crippen molar-refractivity contribution in [3.8, 4) is 5.75 Å². The molecule has 3 heterocycles. The van der Waals surface area contributed by atoms with Crippen LogP contribution < -0.4 is 10.1 Å². The van der Waals surface area contributed by atoms with Gasteiger partial charge in [0.15, 0.2) is 0 Å². The number of nitrogens with zero attached hydrogens (tertiary/aromatic N) is 2. The van der Waals surface area contributed by atoms with Gasteiger partial charge in [0.1, 0.15) is 23.7 Å². The zero-order chi connectivity index (χ0) is 20.4. The first-order valence-electron chi connectivity index (χ1n) is 9.65. The number of furan rings is 1. The number of aromatic nitrogens is 2. The predicted molar refractivity (Wildman–Crippen MR) is 106 cm³/mol. The van der Waals surface area contributed by atoms with Crippen molar-refractivity contribution in [3.63, 3.8) is 0 Å². The van der Waals surface area contributed by atoms with Gasteiger partial charge in [0.2, 0.25) is 0 Å². The molecule has 8 heteroatoms. The van der Waals surface area contributed by atoms with Crippen LogP contribution in [-0.2, 0) is 18.4 Å². The fourth-order valence-electron chi connectivity index (χ4n) is 3.66. The lowest BCUT2D eigenvalue weighted by Crippen LogP contribution is -2.54. The van der Waals surface area contributed by atoms with E-state index in [0.717, 1.165) is 5.69 Å². The first kappa shape index (κ1) is 19.5. The van der Waals surface area contributed by atoms with Crippen molar-refractivity contribution in [2.24, 2.45) is 7.05 Å². The third-order valence-corrected chi connectivity index (χ3v) is 5.50. The Morgan fingerprint density at radius 2 is 2.14 bits per heavy atom. The summed E-state index contributed by atoms with van der Waals surface area (Å²) in [6.07, 6.45) is 2.86. The van der Waals surface area contributed by atoms with E-state index in [4.69, 9.17) is 13.9 Å². The molecule has 1 saturated heterocycles. The molecule has 1 aromatic carbocycles. The Hall–Kier alpha value is -2.84. The quantitative estimate of drug-likeness (QED) is 0.660. The number of carbonyl (C=O) groups excluding carboxylic acids is 1. The Labute approximate surface area is 168 Å². The highest BCUT2D eigenvalue weighted by Gasteiger charge is 2.35. The van der Waals surface area contributed by atoms with Crippen LogP contribution in [0.5, 0.6) is 5.75 Å². The molecule has 4 rings (SSSR count). The third kappa shape index (κ3) is 3.86. The number of aryl methyl sites for hydroxylation is 2. The first-order chi connectivity index (χ1) is 14.0. The highest BCUT2D eigenvalue weighted by atomic mass is 16.5. The summed E-state index contributed by atoms with van der Waals surface area (Å²) in [7, 11) is 1.86. The molecule has 0 radical (unpaired) electrons. The van der Waals surface area contributed by atoms with Crippen LogP contribution in [0.15, 0.2) is 34.9 Å². The zero-order valence-electron chi connectivity index (χ0n) is 16.6. The molecule has 2 aromatic heterocycles. The molecule has 1 aliphatic rings. The summed E-state index contributed by atoms with van der Waals surface area (Å²) in [4.78, 5) is 13.1. The molecule has 2 N–H and O–H groups in total. The Balaban J connectivity index is 1.59. The van der Waals surface area contributed by atoms with Crippen molar-refractivity contribution < 1.29 is 23.8 Å². The molecule has 1 aliphatic heterocycles. The van der Waals surface area contributed by atoms with E-state index in [1.165, 1.54) is 0 Å². The lowest BCUT2D eigenvalue weighted by molar-refractivity contribution is 0.0125.